The zero-order valence-corrected chi connectivity index (χ0v) is 12.2. The normalized spacial score (nSPS) is 16.9. The molecule has 0 bridgehead atoms. The van der Waals surface area contributed by atoms with E-state index in [0.717, 1.165) is 49.5 Å². The quantitative estimate of drug-likeness (QED) is 0.945. The van der Waals surface area contributed by atoms with Crippen molar-refractivity contribution in [3.8, 4) is 11.3 Å². The lowest BCUT2D eigenvalue weighted by atomic mass is 10.1. The number of nitrogens with two attached hydrogens (primary N) is 1. The van der Waals surface area contributed by atoms with E-state index in [1.807, 2.05) is 36.4 Å². The summed E-state index contributed by atoms with van der Waals surface area (Å²) >= 11 is 0. The van der Waals surface area contributed by atoms with Crippen molar-refractivity contribution in [1.29, 1.82) is 0 Å². The van der Waals surface area contributed by atoms with Gasteiger partial charge in [0.15, 0.2) is 5.76 Å². The van der Waals surface area contributed by atoms with Gasteiger partial charge >= 0.3 is 0 Å². The Morgan fingerprint density at radius 2 is 1.90 bits per heavy atom. The summed E-state index contributed by atoms with van der Waals surface area (Å²) in [4.78, 5) is 2.37. The summed E-state index contributed by atoms with van der Waals surface area (Å²) in [6, 6.07) is 12.5. The average molecular weight is 294 g/mol. The van der Waals surface area contributed by atoms with Crippen LogP contribution in [0.25, 0.3) is 11.3 Å². The zero-order chi connectivity index (χ0) is 13.1. The summed E-state index contributed by atoms with van der Waals surface area (Å²) in [5.74, 6) is 0.925. The van der Waals surface area contributed by atoms with E-state index in [0.29, 0.717) is 6.04 Å². The van der Waals surface area contributed by atoms with Crippen molar-refractivity contribution in [2.24, 2.45) is 5.73 Å². The molecule has 0 aliphatic carbocycles. The van der Waals surface area contributed by atoms with E-state index in [4.69, 9.17) is 10.3 Å². The number of likely N-dealkylation sites (tertiary alicyclic amines) is 1. The fourth-order valence-electron chi connectivity index (χ4n) is 2.46. The third-order valence-electron chi connectivity index (χ3n) is 3.64. The molecule has 2 heterocycles. The molecule has 20 heavy (non-hydrogen) atoms. The Balaban J connectivity index is 0.00000147. The number of rotatable bonds is 3. The van der Waals surface area contributed by atoms with Crippen LogP contribution in [0.15, 0.2) is 40.9 Å². The molecule has 1 aromatic heterocycles. The predicted octanol–water partition coefficient (Wildman–Crippen LogP) is 2.69. The summed E-state index contributed by atoms with van der Waals surface area (Å²) in [6.07, 6.45) is 2.14. The SMILES string of the molecule is Cl.NC1CCN(Cc2cc(-c3ccccc3)no2)CC1. The number of halogens is 1. The first-order chi connectivity index (χ1) is 9.31. The zero-order valence-electron chi connectivity index (χ0n) is 11.4. The molecule has 1 fully saturated rings. The minimum absolute atomic E-state index is 0. The number of benzene rings is 1. The maximum absolute atomic E-state index is 5.91. The molecule has 0 saturated carbocycles. The van der Waals surface area contributed by atoms with Crippen LogP contribution in [0, 0.1) is 0 Å². The Morgan fingerprint density at radius 1 is 1.20 bits per heavy atom. The Labute approximate surface area is 125 Å². The van der Waals surface area contributed by atoms with Gasteiger partial charge in [0, 0.05) is 30.8 Å². The number of aromatic nitrogens is 1. The molecular formula is C15H20ClN3O. The van der Waals surface area contributed by atoms with E-state index in [2.05, 4.69) is 10.1 Å². The molecule has 0 unspecified atom stereocenters. The van der Waals surface area contributed by atoms with Gasteiger partial charge in [0.2, 0.25) is 0 Å². The van der Waals surface area contributed by atoms with Crippen molar-refractivity contribution in [3.63, 3.8) is 0 Å². The third-order valence-corrected chi connectivity index (χ3v) is 3.64. The molecule has 1 aliphatic heterocycles. The molecule has 108 valence electrons. The van der Waals surface area contributed by atoms with E-state index in [1.165, 1.54) is 0 Å². The average Bonchev–Trinajstić information content (AvgIpc) is 2.91. The predicted molar refractivity (Wildman–Crippen MR) is 81.7 cm³/mol. The monoisotopic (exact) mass is 293 g/mol. The minimum atomic E-state index is 0. The first-order valence-corrected chi connectivity index (χ1v) is 6.80. The first-order valence-electron chi connectivity index (χ1n) is 6.80. The summed E-state index contributed by atoms with van der Waals surface area (Å²) in [5.41, 5.74) is 7.91. The van der Waals surface area contributed by atoms with Crippen molar-refractivity contribution >= 4 is 12.4 Å². The van der Waals surface area contributed by atoms with Crippen LogP contribution in [-0.2, 0) is 6.54 Å². The van der Waals surface area contributed by atoms with Crippen molar-refractivity contribution in [2.75, 3.05) is 13.1 Å². The second-order valence-corrected chi connectivity index (χ2v) is 5.16. The molecule has 1 aromatic carbocycles. The second kappa shape index (κ2) is 6.88. The third kappa shape index (κ3) is 3.60. The lowest BCUT2D eigenvalue weighted by Crippen LogP contribution is -2.39. The Kier molecular flexibility index (Phi) is 5.17. The van der Waals surface area contributed by atoms with E-state index >= 15 is 0 Å². The van der Waals surface area contributed by atoms with Gasteiger partial charge in [0.05, 0.1) is 6.54 Å². The van der Waals surface area contributed by atoms with Gasteiger partial charge in [0.25, 0.3) is 0 Å². The summed E-state index contributed by atoms with van der Waals surface area (Å²) in [7, 11) is 0. The van der Waals surface area contributed by atoms with Gasteiger partial charge in [-0.1, -0.05) is 35.5 Å². The minimum Gasteiger partial charge on any atom is -0.359 e. The molecule has 3 rings (SSSR count). The standard InChI is InChI=1S/C15H19N3O.ClH/c16-13-6-8-18(9-7-13)11-14-10-15(17-19-14)12-4-2-1-3-5-12;/h1-5,10,13H,6-9,11,16H2;1H. The van der Waals surface area contributed by atoms with Crippen molar-refractivity contribution < 1.29 is 4.52 Å². The molecule has 1 saturated heterocycles. The van der Waals surface area contributed by atoms with Gasteiger partial charge in [0.1, 0.15) is 5.69 Å². The van der Waals surface area contributed by atoms with Crippen LogP contribution >= 0.6 is 12.4 Å². The molecule has 4 nitrogen and oxygen atoms in total. The summed E-state index contributed by atoms with van der Waals surface area (Å²) in [6.45, 7) is 2.91. The maximum atomic E-state index is 5.91. The lowest BCUT2D eigenvalue weighted by Gasteiger charge is -2.28. The largest absolute Gasteiger partial charge is 0.359 e. The highest BCUT2D eigenvalue weighted by molar-refractivity contribution is 5.85. The Bertz CT molecular complexity index is 521. The van der Waals surface area contributed by atoms with Gasteiger partial charge in [-0.05, 0) is 12.8 Å². The number of piperidine rings is 1. The molecule has 0 amide bonds. The van der Waals surface area contributed by atoms with E-state index in [9.17, 15) is 0 Å². The molecule has 0 atom stereocenters. The van der Waals surface area contributed by atoms with Crippen LogP contribution in [0.5, 0.6) is 0 Å². The number of hydrogen-bond acceptors (Lipinski definition) is 4. The van der Waals surface area contributed by atoms with Crippen molar-refractivity contribution in [2.45, 2.75) is 25.4 Å². The van der Waals surface area contributed by atoms with Gasteiger partial charge in [-0.2, -0.15) is 0 Å². The Morgan fingerprint density at radius 3 is 2.60 bits per heavy atom. The topological polar surface area (TPSA) is 55.3 Å². The van der Waals surface area contributed by atoms with Crippen LogP contribution in [-0.4, -0.2) is 29.2 Å². The highest BCUT2D eigenvalue weighted by atomic mass is 35.5. The summed E-state index contributed by atoms with van der Waals surface area (Å²) < 4.78 is 5.43. The second-order valence-electron chi connectivity index (χ2n) is 5.16. The van der Waals surface area contributed by atoms with Crippen LogP contribution < -0.4 is 5.73 Å². The fraction of sp³-hybridized carbons (Fsp3) is 0.400. The molecule has 2 aromatic rings. The lowest BCUT2D eigenvalue weighted by molar-refractivity contribution is 0.185. The van der Waals surface area contributed by atoms with E-state index in [1.54, 1.807) is 0 Å². The highest BCUT2D eigenvalue weighted by Crippen LogP contribution is 2.20. The van der Waals surface area contributed by atoms with Crippen molar-refractivity contribution in [1.82, 2.24) is 10.1 Å². The number of hydrogen-bond donors (Lipinski definition) is 1. The van der Waals surface area contributed by atoms with E-state index in [-0.39, 0.29) is 12.4 Å². The van der Waals surface area contributed by atoms with Crippen molar-refractivity contribution in [3.05, 3.63) is 42.2 Å². The molecule has 1 aliphatic rings. The van der Waals surface area contributed by atoms with Crippen LogP contribution in [0.3, 0.4) is 0 Å². The molecule has 5 heteroatoms. The molecule has 0 radical (unpaired) electrons. The Hall–Kier alpha value is -1.36. The number of nitrogens with zero attached hydrogens (tertiary/aromatic N) is 2. The van der Waals surface area contributed by atoms with E-state index < -0.39 is 0 Å². The maximum Gasteiger partial charge on any atom is 0.151 e. The van der Waals surface area contributed by atoms with Crippen LogP contribution in [0.2, 0.25) is 0 Å². The van der Waals surface area contributed by atoms with Crippen LogP contribution in [0.1, 0.15) is 18.6 Å². The summed E-state index contributed by atoms with van der Waals surface area (Å²) in [5, 5.41) is 4.14. The molecular weight excluding hydrogens is 274 g/mol. The molecule has 0 spiro atoms. The fourth-order valence-corrected chi connectivity index (χ4v) is 2.46. The molecule has 2 N–H and O–H groups in total. The van der Waals surface area contributed by atoms with Gasteiger partial charge in [-0.3, -0.25) is 4.90 Å². The smallest absolute Gasteiger partial charge is 0.151 e. The van der Waals surface area contributed by atoms with Gasteiger partial charge in [-0.15, -0.1) is 12.4 Å². The first kappa shape index (κ1) is 15.0. The van der Waals surface area contributed by atoms with Crippen LogP contribution in [0.4, 0.5) is 0 Å². The van der Waals surface area contributed by atoms with Gasteiger partial charge < -0.3 is 10.3 Å². The van der Waals surface area contributed by atoms with Gasteiger partial charge in [-0.25, -0.2) is 0 Å². The highest BCUT2D eigenvalue weighted by Gasteiger charge is 2.17.